The number of hydrogen-bond acceptors (Lipinski definition) is 2. The molecule has 0 radical (unpaired) electrons. The van der Waals surface area contributed by atoms with Crippen molar-refractivity contribution in [2.45, 2.75) is 47.0 Å². The van der Waals surface area contributed by atoms with Gasteiger partial charge in [0.15, 0.2) is 0 Å². The Balaban J connectivity index is 1.79. The summed E-state index contributed by atoms with van der Waals surface area (Å²) in [6.45, 7) is 8.70. The average molecular weight is 436 g/mol. The highest BCUT2D eigenvalue weighted by atomic mass is 16.1. The fourth-order valence-electron chi connectivity index (χ4n) is 5.35. The van der Waals surface area contributed by atoms with Gasteiger partial charge in [0.2, 0.25) is 5.91 Å². The van der Waals surface area contributed by atoms with E-state index in [1.54, 1.807) is 12.1 Å². The van der Waals surface area contributed by atoms with E-state index in [4.69, 9.17) is 10.7 Å². The molecular formula is C29H29N3O. The molecule has 1 aliphatic carbocycles. The number of primary amides is 1. The first-order chi connectivity index (χ1) is 15.9. The Morgan fingerprint density at radius 2 is 1.70 bits per heavy atom. The van der Waals surface area contributed by atoms with Crippen molar-refractivity contribution in [1.82, 2.24) is 4.98 Å². The predicted molar refractivity (Wildman–Crippen MR) is 135 cm³/mol. The number of allylic oxidation sites excluding steroid dienone is 2. The first kappa shape index (κ1) is 21.2. The van der Waals surface area contributed by atoms with Gasteiger partial charge in [-0.2, -0.15) is 0 Å². The lowest BCUT2D eigenvalue weighted by atomic mass is 9.85. The second-order valence-electron chi connectivity index (χ2n) is 8.97. The summed E-state index contributed by atoms with van der Waals surface area (Å²) in [5.41, 5.74) is 20.3. The van der Waals surface area contributed by atoms with Crippen LogP contribution in [0.1, 0.15) is 69.8 Å². The van der Waals surface area contributed by atoms with Crippen LogP contribution < -0.4 is 5.73 Å². The van der Waals surface area contributed by atoms with Crippen molar-refractivity contribution in [1.29, 1.82) is 0 Å². The Labute approximate surface area is 195 Å². The third-order valence-electron chi connectivity index (χ3n) is 7.13. The van der Waals surface area contributed by atoms with Gasteiger partial charge in [-0.3, -0.25) is 4.79 Å². The lowest BCUT2D eigenvalue weighted by Gasteiger charge is -2.18. The quantitative estimate of drug-likeness (QED) is 0.533. The zero-order valence-electron chi connectivity index (χ0n) is 19.7. The van der Waals surface area contributed by atoms with E-state index in [-0.39, 0.29) is 0 Å². The van der Waals surface area contributed by atoms with Gasteiger partial charge in [0.25, 0.3) is 0 Å². The second-order valence-corrected chi connectivity index (χ2v) is 8.97. The van der Waals surface area contributed by atoms with Crippen LogP contribution in [0.2, 0.25) is 0 Å². The van der Waals surface area contributed by atoms with Gasteiger partial charge in [0.05, 0.1) is 17.1 Å². The largest absolute Gasteiger partial charge is 0.366 e. The van der Waals surface area contributed by atoms with Crippen molar-refractivity contribution >= 4 is 17.2 Å². The molecule has 33 heavy (non-hydrogen) atoms. The number of aliphatic imine (C=N–C) groups is 1. The van der Waals surface area contributed by atoms with Crippen LogP contribution in [0.25, 0.3) is 5.57 Å². The molecule has 0 saturated heterocycles. The van der Waals surface area contributed by atoms with E-state index in [1.807, 2.05) is 12.1 Å². The van der Waals surface area contributed by atoms with E-state index < -0.39 is 5.91 Å². The summed E-state index contributed by atoms with van der Waals surface area (Å²) in [6, 6.07) is 16.2. The molecular weight excluding hydrogens is 406 g/mol. The van der Waals surface area contributed by atoms with Crippen LogP contribution in [0.5, 0.6) is 0 Å². The summed E-state index contributed by atoms with van der Waals surface area (Å²) in [6.07, 6.45) is 3.01. The molecule has 4 nitrogen and oxygen atoms in total. The predicted octanol–water partition coefficient (Wildman–Crippen LogP) is 5.82. The molecule has 0 fully saturated rings. The summed E-state index contributed by atoms with van der Waals surface area (Å²) >= 11 is 0. The minimum atomic E-state index is -0.419. The molecule has 2 heterocycles. The van der Waals surface area contributed by atoms with E-state index in [0.29, 0.717) is 5.56 Å². The van der Waals surface area contributed by atoms with Crippen molar-refractivity contribution in [2.24, 2.45) is 10.7 Å². The molecule has 0 spiro atoms. The second kappa shape index (κ2) is 8.04. The van der Waals surface area contributed by atoms with Crippen molar-refractivity contribution in [3.8, 4) is 0 Å². The maximum atomic E-state index is 11.7. The molecule has 1 aliphatic heterocycles. The molecule has 4 heteroatoms. The van der Waals surface area contributed by atoms with Crippen LogP contribution in [0.3, 0.4) is 0 Å². The third kappa shape index (κ3) is 3.37. The van der Waals surface area contributed by atoms with Gasteiger partial charge in [-0.05, 0) is 85.6 Å². The highest BCUT2D eigenvalue weighted by Gasteiger charge is 2.30. The van der Waals surface area contributed by atoms with E-state index in [1.165, 1.54) is 39.1 Å². The maximum Gasteiger partial charge on any atom is 0.248 e. The van der Waals surface area contributed by atoms with E-state index in [2.05, 4.69) is 56.9 Å². The zero-order chi connectivity index (χ0) is 23.3. The Bertz CT molecular complexity index is 1380. The number of amides is 1. The van der Waals surface area contributed by atoms with Gasteiger partial charge < -0.3 is 10.7 Å². The number of nitrogens with zero attached hydrogens (tertiary/aromatic N) is 1. The van der Waals surface area contributed by atoms with Crippen LogP contribution in [0, 0.1) is 13.8 Å². The number of aromatic nitrogens is 1. The molecule has 1 aromatic heterocycles. The topological polar surface area (TPSA) is 71.2 Å². The highest BCUT2D eigenvalue weighted by Crippen LogP contribution is 2.42. The SMILES string of the molecule is CCc1c(C)[nH]c(C(=C2N=C3C(=C2C)CCc2ccccc23)c2ccc(C(N)=O)cc2)c1C. The lowest BCUT2D eigenvalue weighted by Crippen LogP contribution is -2.13. The fourth-order valence-corrected chi connectivity index (χ4v) is 5.35. The maximum absolute atomic E-state index is 11.7. The number of carbonyl (C=O) groups is 1. The summed E-state index contributed by atoms with van der Waals surface area (Å²) in [5, 5.41) is 0. The smallest absolute Gasteiger partial charge is 0.248 e. The minimum Gasteiger partial charge on any atom is -0.366 e. The number of rotatable bonds is 4. The van der Waals surface area contributed by atoms with Crippen LogP contribution in [0.4, 0.5) is 0 Å². The summed E-state index contributed by atoms with van der Waals surface area (Å²) in [4.78, 5) is 20.6. The molecule has 166 valence electrons. The molecule has 3 N–H and O–H groups in total. The number of nitrogens with one attached hydrogen (secondary N) is 1. The van der Waals surface area contributed by atoms with Gasteiger partial charge in [0.1, 0.15) is 0 Å². The molecule has 0 atom stereocenters. The minimum absolute atomic E-state index is 0.419. The lowest BCUT2D eigenvalue weighted by molar-refractivity contribution is 0.100. The molecule has 5 rings (SSSR count). The fraction of sp³-hybridized carbons (Fsp3) is 0.241. The number of nitrogens with two attached hydrogens (primary N) is 1. The Morgan fingerprint density at radius 3 is 2.36 bits per heavy atom. The number of H-pyrrole nitrogens is 1. The van der Waals surface area contributed by atoms with Crippen LogP contribution in [0.15, 0.2) is 70.4 Å². The molecule has 2 aromatic carbocycles. The van der Waals surface area contributed by atoms with E-state index in [9.17, 15) is 4.79 Å². The number of hydrogen-bond donors (Lipinski definition) is 2. The van der Waals surface area contributed by atoms with Gasteiger partial charge in [0, 0.05) is 22.4 Å². The number of aromatic amines is 1. The van der Waals surface area contributed by atoms with Crippen LogP contribution >= 0.6 is 0 Å². The van der Waals surface area contributed by atoms with Crippen molar-refractivity contribution in [2.75, 3.05) is 0 Å². The highest BCUT2D eigenvalue weighted by molar-refractivity contribution is 6.18. The molecule has 1 amide bonds. The Kier molecular flexibility index (Phi) is 5.16. The van der Waals surface area contributed by atoms with Gasteiger partial charge in [-0.15, -0.1) is 0 Å². The molecule has 0 saturated carbocycles. The van der Waals surface area contributed by atoms with Crippen LogP contribution in [-0.4, -0.2) is 16.6 Å². The summed E-state index contributed by atoms with van der Waals surface area (Å²) < 4.78 is 0. The van der Waals surface area contributed by atoms with Gasteiger partial charge in [-0.25, -0.2) is 4.99 Å². The number of aryl methyl sites for hydroxylation is 2. The van der Waals surface area contributed by atoms with Gasteiger partial charge >= 0.3 is 0 Å². The van der Waals surface area contributed by atoms with Crippen molar-refractivity contribution in [3.05, 3.63) is 110 Å². The van der Waals surface area contributed by atoms with Crippen LogP contribution in [-0.2, 0) is 12.8 Å². The Hall–Kier alpha value is -3.66. The number of carbonyl (C=O) groups excluding carboxylic acids is 1. The standard InChI is InChI=1S/C29H29N3O/c1-5-22-16(2)26(31-18(22)4)25(20-10-12-21(13-11-20)29(30)33)27-17(3)23-15-14-19-8-6-7-9-24(19)28(23)32-27/h6-13,31H,5,14-15H2,1-4H3,(H2,30,33). The number of fused-ring (bicyclic) bond motifs is 3. The summed E-state index contributed by atoms with van der Waals surface area (Å²) in [5.74, 6) is -0.419. The monoisotopic (exact) mass is 435 g/mol. The normalized spacial score (nSPS) is 16.4. The zero-order valence-corrected chi connectivity index (χ0v) is 19.7. The summed E-state index contributed by atoms with van der Waals surface area (Å²) in [7, 11) is 0. The number of benzene rings is 2. The molecule has 0 unspecified atom stereocenters. The van der Waals surface area contributed by atoms with Crippen molar-refractivity contribution < 1.29 is 4.79 Å². The van der Waals surface area contributed by atoms with Crippen molar-refractivity contribution in [3.63, 3.8) is 0 Å². The van der Waals surface area contributed by atoms with E-state index in [0.717, 1.165) is 47.5 Å². The average Bonchev–Trinajstić information content (AvgIpc) is 3.30. The molecule has 2 aliphatic rings. The van der Waals surface area contributed by atoms with E-state index >= 15 is 0 Å². The molecule has 3 aromatic rings. The Morgan fingerprint density at radius 1 is 1.00 bits per heavy atom. The molecule has 0 bridgehead atoms. The third-order valence-corrected chi connectivity index (χ3v) is 7.13. The van der Waals surface area contributed by atoms with Gasteiger partial charge in [-0.1, -0.05) is 43.3 Å². The first-order valence-corrected chi connectivity index (χ1v) is 11.6. The first-order valence-electron chi connectivity index (χ1n) is 11.6.